The smallest absolute Gasteiger partial charge is 0.399 e. The molecule has 5 nitrogen and oxygen atoms in total. The van der Waals surface area contributed by atoms with E-state index in [1.807, 2.05) is 66.1 Å². The summed E-state index contributed by atoms with van der Waals surface area (Å²) in [6, 6.07) is 7.47. The molecule has 1 N–H and O–H groups in total. The molecule has 0 radical (unpaired) electrons. The predicted molar refractivity (Wildman–Crippen MR) is 97.7 cm³/mol. The van der Waals surface area contributed by atoms with E-state index in [-0.39, 0.29) is 17.1 Å². The third-order valence-electron chi connectivity index (χ3n) is 4.74. The Labute approximate surface area is 145 Å². The predicted octanol–water partition coefficient (Wildman–Crippen LogP) is 1.67. The van der Waals surface area contributed by atoms with Gasteiger partial charge in [0.05, 0.1) is 11.2 Å². The fourth-order valence-electron chi connectivity index (χ4n) is 2.50. The second-order valence-electron chi connectivity index (χ2n) is 7.63. The molecule has 1 amide bonds. The molecule has 0 unspecified atom stereocenters. The summed E-state index contributed by atoms with van der Waals surface area (Å²) in [5.74, 6) is -0.0628. The van der Waals surface area contributed by atoms with E-state index in [1.165, 1.54) is 0 Å². The Morgan fingerprint density at radius 2 is 1.79 bits per heavy atom. The molecule has 1 aromatic rings. The monoisotopic (exact) mass is 332 g/mol. The van der Waals surface area contributed by atoms with Gasteiger partial charge in [-0.3, -0.25) is 4.79 Å². The molecular formula is C18H29BN2O3. The third-order valence-corrected chi connectivity index (χ3v) is 4.74. The lowest BCUT2D eigenvalue weighted by molar-refractivity contribution is 0.00578. The Hall–Kier alpha value is -1.37. The van der Waals surface area contributed by atoms with Gasteiger partial charge in [-0.25, -0.2) is 0 Å². The van der Waals surface area contributed by atoms with Crippen molar-refractivity contribution in [3.63, 3.8) is 0 Å². The number of rotatable bonds is 6. The average molecular weight is 332 g/mol. The van der Waals surface area contributed by atoms with Gasteiger partial charge in [-0.05, 0) is 72.4 Å². The largest absolute Gasteiger partial charge is 0.494 e. The highest BCUT2D eigenvalue weighted by atomic mass is 16.7. The Morgan fingerprint density at radius 3 is 2.38 bits per heavy atom. The van der Waals surface area contributed by atoms with E-state index in [0.717, 1.165) is 18.4 Å². The molecule has 0 bridgehead atoms. The lowest BCUT2D eigenvalue weighted by Gasteiger charge is -2.32. The zero-order chi connectivity index (χ0) is 18.0. The fourth-order valence-corrected chi connectivity index (χ4v) is 2.50. The van der Waals surface area contributed by atoms with Crippen molar-refractivity contribution in [2.24, 2.45) is 0 Å². The summed E-state index contributed by atoms with van der Waals surface area (Å²) in [5.41, 5.74) is 0.728. The second-order valence-corrected chi connectivity index (χ2v) is 7.63. The maximum Gasteiger partial charge on any atom is 0.494 e. The van der Waals surface area contributed by atoms with Crippen LogP contribution in [0.4, 0.5) is 0 Å². The van der Waals surface area contributed by atoms with Crippen molar-refractivity contribution in [3.05, 3.63) is 29.8 Å². The number of nitrogens with one attached hydrogen (secondary N) is 1. The molecule has 0 aliphatic carbocycles. The minimum atomic E-state index is -0.448. The van der Waals surface area contributed by atoms with Crippen molar-refractivity contribution in [1.29, 1.82) is 0 Å². The van der Waals surface area contributed by atoms with Crippen molar-refractivity contribution in [3.8, 4) is 0 Å². The number of benzene rings is 1. The first-order valence-corrected chi connectivity index (χ1v) is 8.51. The van der Waals surface area contributed by atoms with Gasteiger partial charge in [0.25, 0.3) is 5.91 Å². The maximum absolute atomic E-state index is 12.3. The van der Waals surface area contributed by atoms with Crippen LogP contribution in [0.2, 0.25) is 0 Å². The van der Waals surface area contributed by atoms with Gasteiger partial charge in [-0.1, -0.05) is 12.1 Å². The topological polar surface area (TPSA) is 50.8 Å². The number of nitrogens with zero attached hydrogens (tertiary/aromatic N) is 1. The Morgan fingerprint density at radius 1 is 1.17 bits per heavy atom. The van der Waals surface area contributed by atoms with Gasteiger partial charge in [0, 0.05) is 12.1 Å². The number of amides is 1. The fraction of sp³-hybridized carbons (Fsp3) is 0.611. The summed E-state index contributed by atoms with van der Waals surface area (Å²) in [5, 5.41) is 2.96. The van der Waals surface area contributed by atoms with Crippen LogP contribution in [-0.2, 0) is 9.31 Å². The molecule has 1 saturated heterocycles. The van der Waals surface area contributed by atoms with Gasteiger partial charge in [0.1, 0.15) is 0 Å². The molecule has 1 aromatic carbocycles. The molecule has 1 aliphatic rings. The lowest BCUT2D eigenvalue weighted by Crippen LogP contribution is -2.41. The van der Waals surface area contributed by atoms with Gasteiger partial charge < -0.3 is 19.5 Å². The second kappa shape index (κ2) is 7.25. The van der Waals surface area contributed by atoms with Crippen LogP contribution in [-0.4, -0.2) is 56.3 Å². The number of hydrogen-bond acceptors (Lipinski definition) is 4. The molecule has 1 aliphatic heterocycles. The lowest BCUT2D eigenvalue weighted by atomic mass is 9.78. The molecule has 6 heteroatoms. The molecule has 0 aromatic heterocycles. The van der Waals surface area contributed by atoms with Crippen LogP contribution in [0.1, 0.15) is 44.5 Å². The van der Waals surface area contributed by atoms with E-state index in [2.05, 4.69) is 10.2 Å². The van der Waals surface area contributed by atoms with Crippen molar-refractivity contribution in [1.82, 2.24) is 10.2 Å². The van der Waals surface area contributed by atoms with E-state index in [0.29, 0.717) is 12.1 Å². The van der Waals surface area contributed by atoms with Gasteiger partial charge in [-0.15, -0.1) is 0 Å². The van der Waals surface area contributed by atoms with Crippen LogP contribution in [0.25, 0.3) is 0 Å². The van der Waals surface area contributed by atoms with Crippen molar-refractivity contribution in [2.45, 2.75) is 45.3 Å². The minimum absolute atomic E-state index is 0.0628. The minimum Gasteiger partial charge on any atom is -0.399 e. The molecule has 24 heavy (non-hydrogen) atoms. The van der Waals surface area contributed by atoms with Gasteiger partial charge in [-0.2, -0.15) is 0 Å². The quantitative estimate of drug-likeness (QED) is 0.636. The highest BCUT2D eigenvalue weighted by Crippen LogP contribution is 2.36. The van der Waals surface area contributed by atoms with E-state index < -0.39 is 7.12 Å². The average Bonchev–Trinajstić information content (AvgIpc) is 2.72. The van der Waals surface area contributed by atoms with E-state index in [4.69, 9.17) is 9.31 Å². The van der Waals surface area contributed by atoms with Crippen LogP contribution < -0.4 is 10.8 Å². The number of hydrogen-bond donors (Lipinski definition) is 1. The molecule has 0 spiro atoms. The van der Waals surface area contributed by atoms with Crippen LogP contribution in [0, 0.1) is 0 Å². The molecule has 1 heterocycles. The van der Waals surface area contributed by atoms with Crippen molar-refractivity contribution in [2.75, 3.05) is 27.2 Å². The van der Waals surface area contributed by atoms with Crippen LogP contribution >= 0.6 is 0 Å². The highest BCUT2D eigenvalue weighted by Gasteiger charge is 2.51. The first-order valence-electron chi connectivity index (χ1n) is 8.51. The maximum atomic E-state index is 12.3. The third kappa shape index (κ3) is 4.38. The van der Waals surface area contributed by atoms with Gasteiger partial charge in [0.2, 0.25) is 0 Å². The van der Waals surface area contributed by atoms with Gasteiger partial charge in [0.15, 0.2) is 0 Å². The number of carbonyl (C=O) groups is 1. The summed E-state index contributed by atoms with van der Waals surface area (Å²) in [6.45, 7) is 9.71. The molecular weight excluding hydrogens is 303 g/mol. The standard InChI is InChI=1S/C18H29BN2O3/c1-17(2)18(3,4)24-19(23-17)15-10-7-9-14(13-15)16(22)20-11-8-12-21(5)6/h7,9-10,13H,8,11-12H2,1-6H3,(H,20,22). The van der Waals surface area contributed by atoms with Crippen molar-refractivity contribution >= 4 is 18.5 Å². The van der Waals surface area contributed by atoms with E-state index >= 15 is 0 Å². The first kappa shape index (κ1) is 19.0. The summed E-state index contributed by atoms with van der Waals surface area (Å²) in [7, 11) is 3.60. The van der Waals surface area contributed by atoms with E-state index in [9.17, 15) is 4.79 Å². The van der Waals surface area contributed by atoms with Crippen molar-refractivity contribution < 1.29 is 14.1 Å². The summed E-state index contributed by atoms with van der Waals surface area (Å²) >= 11 is 0. The van der Waals surface area contributed by atoms with Crippen LogP contribution in [0.5, 0.6) is 0 Å². The Balaban J connectivity index is 2.01. The van der Waals surface area contributed by atoms with Gasteiger partial charge >= 0.3 is 7.12 Å². The number of carbonyl (C=O) groups excluding carboxylic acids is 1. The SMILES string of the molecule is CN(C)CCCNC(=O)c1cccc(B2OC(C)(C)C(C)(C)O2)c1. The Bertz CT molecular complexity index is 571. The molecule has 2 rings (SSSR count). The molecule has 0 saturated carbocycles. The van der Waals surface area contributed by atoms with Crippen LogP contribution in [0.15, 0.2) is 24.3 Å². The molecule has 132 valence electrons. The molecule has 1 fully saturated rings. The zero-order valence-electron chi connectivity index (χ0n) is 15.7. The summed E-state index contributed by atoms with van der Waals surface area (Å²) in [4.78, 5) is 14.4. The first-order chi connectivity index (χ1) is 11.1. The highest BCUT2D eigenvalue weighted by molar-refractivity contribution is 6.62. The Kier molecular flexibility index (Phi) is 5.73. The summed E-state index contributed by atoms with van der Waals surface area (Å²) < 4.78 is 12.1. The normalized spacial score (nSPS) is 18.9. The summed E-state index contributed by atoms with van der Waals surface area (Å²) in [6.07, 6.45) is 0.926. The van der Waals surface area contributed by atoms with Crippen LogP contribution in [0.3, 0.4) is 0 Å². The molecule has 0 atom stereocenters. The zero-order valence-corrected chi connectivity index (χ0v) is 15.7. The van der Waals surface area contributed by atoms with E-state index in [1.54, 1.807) is 0 Å².